The average molecular weight is 237 g/mol. The molecule has 1 aromatic rings. The fourth-order valence-electron chi connectivity index (χ4n) is 1.25. The van der Waals surface area contributed by atoms with Crippen molar-refractivity contribution < 1.29 is 14.3 Å². The Labute approximate surface area is 98.9 Å². The molecule has 5 N–H and O–H groups in total. The maximum Gasteiger partial charge on any atom is 0.253 e. The molecule has 6 heteroatoms. The first kappa shape index (κ1) is 12.8. The van der Waals surface area contributed by atoms with Crippen molar-refractivity contribution in [2.24, 2.45) is 5.73 Å². The molecule has 92 valence electrons. The summed E-state index contributed by atoms with van der Waals surface area (Å²) < 4.78 is 4.99. The van der Waals surface area contributed by atoms with E-state index in [1.807, 2.05) is 0 Å². The number of hydrogen-bond acceptors (Lipinski definition) is 4. The van der Waals surface area contributed by atoms with Crippen LogP contribution < -0.4 is 21.5 Å². The molecule has 1 rings (SSSR count). The maximum absolute atomic E-state index is 11.7. The first-order chi connectivity index (χ1) is 8.04. The number of methoxy groups -OCH3 is 1. The van der Waals surface area contributed by atoms with E-state index in [9.17, 15) is 9.59 Å². The Morgan fingerprint density at radius 3 is 2.71 bits per heavy atom. The van der Waals surface area contributed by atoms with Crippen LogP contribution in [0.25, 0.3) is 0 Å². The minimum absolute atomic E-state index is 0.0929. The van der Waals surface area contributed by atoms with Gasteiger partial charge < -0.3 is 21.5 Å². The zero-order valence-electron chi connectivity index (χ0n) is 9.53. The van der Waals surface area contributed by atoms with Gasteiger partial charge in [0.05, 0.1) is 12.7 Å². The van der Waals surface area contributed by atoms with Crippen LogP contribution in [-0.2, 0) is 4.79 Å². The summed E-state index contributed by atoms with van der Waals surface area (Å²) in [6.07, 6.45) is 0.0929. The van der Waals surface area contributed by atoms with E-state index in [2.05, 4.69) is 5.32 Å². The molecule has 0 bridgehead atoms. The number of benzene rings is 1. The number of rotatable bonds is 5. The van der Waals surface area contributed by atoms with Crippen LogP contribution in [0.2, 0.25) is 0 Å². The Bertz CT molecular complexity index is 432. The Hall–Kier alpha value is -2.24. The number of nitrogens with one attached hydrogen (secondary N) is 1. The molecule has 17 heavy (non-hydrogen) atoms. The van der Waals surface area contributed by atoms with Gasteiger partial charge in [-0.1, -0.05) is 0 Å². The number of anilines is 1. The monoisotopic (exact) mass is 237 g/mol. The lowest BCUT2D eigenvalue weighted by Gasteiger charge is -2.08. The van der Waals surface area contributed by atoms with Crippen LogP contribution in [0.5, 0.6) is 5.75 Å². The summed E-state index contributed by atoms with van der Waals surface area (Å²) in [6.45, 7) is 0.185. The van der Waals surface area contributed by atoms with Crippen molar-refractivity contribution in [2.45, 2.75) is 6.42 Å². The third-order valence-corrected chi connectivity index (χ3v) is 2.16. The highest BCUT2D eigenvalue weighted by atomic mass is 16.5. The van der Waals surface area contributed by atoms with Crippen LogP contribution in [0.1, 0.15) is 16.8 Å². The number of hydrogen-bond donors (Lipinski definition) is 3. The highest BCUT2D eigenvalue weighted by molar-refractivity contribution is 5.99. The smallest absolute Gasteiger partial charge is 0.253 e. The van der Waals surface area contributed by atoms with Crippen LogP contribution in [0.15, 0.2) is 18.2 Å². The lowest BCUT2D eigenvalue weighted by Crippen LogP contribution is -2.28. The molecule has 0 saturated carbocycles. The molecule has 0 spiro atoms. The summed E-state index contributed by atoms with van der Waals surface area (Å²) in [5.74, 6) is -0.286. The quantitative estimate of drug-likeness (QED) is 0.620. The number of carbonyl (C=O) groups is 2. The molecule has 2 amide bonds. The minimum Gasteiger partial charge on any atom is -0.497 e. The van der Waals surface area contributed by atoms with Crippen molar-refractivity contribution in [1.82, 2.24) is 5.32 Å². The number of carbonyl (C=O) groups excluding carboxylic acids is 2. The van der Waals surface area contributed by atoms with Crippen molar-refractivity contribution in [3.05, 3.63) is 23.8 Å². The van der Waals surface area contributed by atoms with Crippen molar-refractivity contribution in [2.75, 3.05) is 19.4 Å². The first-order valence-electron chi connectivity index (χ1n) is 5.04. The summed E-state index contributed by atoms with van der Waals surface area (Å²) in [5.41, 5.74) is 11.3. The average Bonchev–Trinajstić information content (AvgIpc) is 2.29. The molecule has 0 radical (unpaired) electrons. The van der Waals surface area contributed by atoms with Crippen LogP contribution in [0.3, 0.4) is 0 Å². The van der Waals surface area contributed by atoms with Gasteiger partial charge in [0.1, 0.15) is 5.75 Å². The van der Waals surface area contributed by atoms with Crippen molar-refractivity contribution in [1.29, 1.82) is 0 Å². The molecule has 1 aromatic carbocycles. The number of nitrogen functional groups attached to an aromatic ring is 1. The normalized spacial score (nSPS) is 9.71. The van der Waals surface area contributed by atoms with Gasteiger partial charge in [0.25, 0.3) is 5.91 Å². The van der Waals surface area contributed by atoms with E-state index in [0.717, 1.165) is 0 Å². The van der Waals surface area contributed by atoms with Crippen LogP contribution in [0.4, 0.5) is 5.69 Å². The fourth-order valence-corrected chi connectivity index (χ4v) is 1.25. The first-order valence-corrected chi connectivity index (χ1v) is 5.04. The van der Waals surface area contributed by atoms with E-state index in [-0.39, 0.29) is 18.9 Å². The van der Waals surface area contributed by atoms with Gasteiger partial charge in [-0.2, -0.15) is 0 Å². The third-order valence-electron chi connectivity index (χ3n) is 2.16. The molecule has 0 aliphatic heterocycles. The molecule has 0 atom stereocenters. The van der Waals surface area contributed by atoms with Crippen molar-refractivity contribution >= 4 is 17.5 Å². The van der Waals surface area contributed by atoms with E-state index in [4.69, 9.17) is 16.2 Å². The largest absolute Gasteiger partial charge is 0.497 e. The minimum atomic E-state index is -0.469. The second kappa shape index (κ2) is 5.74. The van der Waals surface area contributed by atoms with E-state index in [1.54, 1.807) is 12.1 Å². The lowest BCUT2D eigenvalue weighted by atomic mass is 10.1. The number of primary amides is 1. The number of ether oxygens (including phenoxy) is 1. The zero-order chi connectivity index (χ0) is 12.8. The SMILES string of the molecule is COc1ccc(N)c(C(=O)NCCC(N)=O)c1. The maximum atomic E-state index is 11.7. The Balaban J connectivity index is 2.70. The standard InChI is InChI=1S/C11H15N3O3/c1-17-7-2-3-9(12)8(6-7)11(16)14-5-4-10(13)15/h2-3,6H,4-5,12H2,1H3,(H2,13,15)(H,14,16). The molecule has 0 heterocycles. The molecule has 6 nitrogen and oxygen atoms in total. The topological polar surface area (TPSA) is 107 Å². The molecule has 0 aliphatic carbocycles. The van der Waals surface area contributed by atoms with Crippen molar-refractivity contribution in [3.8, 4) is 5.75 Å². The van der Waals surface area contributed by atoms with E-state index >= 15 is 0 Å². The van der Waals surface area contributed by atoms with Gasteiger partial charge in [0.2, 0.25) is 5.91 Å². The Morgan fingerprint density at radius 1 is 1.41 bits per heavy atom. The van der Waals surface area contributed by atoms with Gasteiger partial charge >= 0.3 is 0 Å². The molecule has 0 aliphatic rings. The van der Waals surface area contributed by atoms with E-state index < -0.39 is 5.91 Å². The predicted octanol–water partition coefficient (Wildman–Crippen LogP) is -0.117. The molecule has 0 fully saturated rings. The van der Waals surface area contributed by atoms with Gasteiger partial charge in [-0.25, -0.2) is 0 Å². The third kappa shape index (κ3) is 3.67. The van der Waals surface area contributed by atoms with Gasteiger partial charge in [0.15, 0.2) is 0 Å². The van der Waals surface area contributed by atoms with Crippen LogP contribution in [-0.4, -0.2) is 25.5 Å². The highest BCUT2D eigenvalue weighted by Gasteiger charge is 2.10. The van der Waals surface area contributed by atoms with Crippen LogP contribution >= 0.6 is 0 Å². The summed E-state index contributed by atoms with van der Waals surface area (Å²) in [6, 6.07) is 4.78. The van der Waals surface area contributed by atoms with Gasteiger partial charge in [0, 0.05) is 18.7 Å². The number of amides is 2. The summed E-state index contributed by atoms with van der Waals surface area (Å²) in [5, 5.41) is 2.55. The van der Waals surface area contributed by atoms with Crippen LogP contribution in [0, 0.1) is 0 Å². The molecular formula is C11H15N3O3. The lowest BCUT2D eigenvalue weighted by molar-refractivity contribution is -0.117. The Morgan fingerprint density at radius 2 is 2.12 bits per heavy atom. The molecule has 0 aromatic heterocycles. The van der Waals surface area contributed by atoms with E-state index in [1.165, 1.54) is 13.2 Å². The summed E-state index contributed by atoms with van der Waals surface area (Å²) in [4.78, 5) is 22.2. The Kier molecular flexibility index (Phi) is 4.33. The van der Waals surface area contributed by atoms with Crippen molar-refractivity contribution in [3.63, 3.8) is 0 Å². The second-order valence-corrected chi connectivity index (χ2v) is 3.43. The summed E-state index contributed by atoms with van der Waals surface area (Å²) >= 11 is 0. The van der Waals surface area contributed by atoms with Gasteiger partial charge in [-0.3, -0.25) is 9.59 Å². The second-order valence-electron chi connectivity index (χ2n) is 3.43. The zero-order valence-corrected chi connectivity index (χ0v) is 9.53. The fraction of sp³-hybridized carbons (Fsp3) is 0.273. The molecule has 0 saturated heterocycles. The highest BCUT2D eigenvalue weighted by Crippen LogP contribution is 2.19. The van der Waals surface area contributed by atoms with E-state index in [0.29, 0.717) is 17.0 Å². The number of nitrogens with two attached hydrogens (primary N) is 2. The van der Waals surface area contributed by atoms with Gasteiger partial charge in [-0.15, -0.1) is 0 Å². The predicted molar refractivity (Wildman–Crippen MR) is 63.6 cm³/mol. The van der Waals surface area contributed by atoms with Gasteiger partial charge in [-0.05, 0) is 18.2 Å². The molecular weight excluding hydrogens is 222 g/mol. The summed E-state index contributed by atoms with van der Waals surface area (Å²) in [7, 11) is 1.50. The molecule has 0 unspecified atom stereocenters.